The highest BCUT2D eigenvalue weighted by molar-refractivity contribution is 5.76. The summed E-state index contributed by atoms with van der Waals surface area (Å²) in [4.78, 5) is 23.5. The minimum absolute atomic E-state index is 0.00322. The molecule has 0 aromatic heterocycles. The van der Waals surface area contributed by atoms with Crippen LogP contribution in [0.1, 0.15) is 71.4 Å². The van der Waals surface area contributed by atoms with Gasteiger partial charge in [0.15, 0.2) is 0 Å². The Balaban J connectivity index is 0.000000216. The van der Waals surface area contributed by atoms with Gasteiger partial charge in [-0.15, -0.1) is 0 Å². The maximum Gasteiger partial charge on any atom is 0.311 e. The molecule has 0 N–H and O–H groups in total. The molecule has 2 fully saturated rings. The van der Waals surface area contributed by atoms with Gasteiger partial charge < -0.3 is 18.9 Å². The van der Waals surface area contributed by atoms with Gasteiger partial charge in [-0.3, -0.25) is 9.59 Å². The van der Waals surface area contributed by atoms with Crippen LogP contribution in [-0.2, 0) is 41.8 Å². The second kappa shape index (κ2) is 15.2. The van der Waals surface area contributed by atoms with Crippen molar-refractivity contribution < 1.29 is 28.5 Å². The van der Waals surface area contributed by atoms with Gasteiger partial charge >= 0.3 is 11.9 Å². The quantitative estimate of drug-likeness (QED) is 0.278. The van der Waals surface area contributed by atoms with Crippen molar-refractivity contribution in [3.8, 4) is 0 Å². The van der Waals surface area contributed by atoms with Gasteiger partial charge in [-0.1, -0.05) is 67.6 Å². The van der Waals surface area contributed by atoms with E-state index in [1.54, 1.807) is 0 Å². The number of carbonyl (C=O) groups is 2. The molecule has 0 spiro atoms. The van der Waals surface area contributed by atoms with E-state index in [0.717, 1.165) is 25.7 Å². The number of rotatable bonds is 12. The van der Waals surface area contributed by atoms with Crippen LogP contribution in [0.2, 0.25) is 0 Å². The third kappa shape index (κ3) is 9.18. The van der Waals surface area contributed by atoms with Crippen LogP contribution in [0.4, 0.5) is 0 Å². The summed E-state index contributed by atoms with van der Waals surface area (Å²) in [6.07, 6.45) is 4.38. The Kier molecular flexibility index (Phi) is 12.0. The van der Waals surface area contributed by atoms with E-state index in [9.17, 15) is 9.59 Å². The van der Waals surface area contributed by atoms with Crippen LogP contribution in [-0.4, -0.2) is 37.4 Å². The zero-order chi connectivity index (χ0) is 28.3. The Morgan fingerprint density at radius 2 is 1.23 bits per heavy atom. The second-order valence-electron chi connectivity index (χ2n) is 11.2. The summed E-state index contributed by atoms with van der Waals surface area (Å²) in [5.41, 5.74) is 1.99. The van der Waals surface area contributed by atoms with Gasteiger partial charge in [-0.2, -0.15) is 0 Å². The van der Waals surface area contributed by atoms with E-state index in [1.807, 2.05) is 71.0 Å². The fourth-order valence-electron chi connectivity index (χ4n) is 4.97. The normalized spacial score (nSPS) is 22.8. The van der Waals surface area contributed by atoms with Crippen molar-refractivity contribution in [3.63, 3.8) is 0 Å². The van der Waals surface area contributed by atoms with Crippen molar-refractivity contribution in [2.75, 3.05) is 13.2 Å². The SMILES string of the molecule is CCOC(=O)C(C)(C)C1CC(OCc2ccccc2)C1.CCOC(=O)C(C)C1CC(OCc2ccccc2)C1. The standard InChI is InChI=1S/C17H24O3.C16H22O3/c1-4-19-16(18)17(2,3)14-10-15(11-14)20-12-13-8-6-5-7-9-13;1-3-18-16(17)12(2)14-9-15(10-14)19-11-13-7-5-4-6-8-13/h5-9,14-15H,4,10-12H2,1-3H3;4-8,12,14-15H,3,9-11H2,1-2H3. The Bertz CT molecular complexity index is 993. The molecule has 0 bridgehead atoms. The lowest BCUT2D eigenvalue weighted by Gasteiger charge is -2.43. The molecule has 0 aliphatic heterocycles. The summed E-state index contributed by atoms with van der Waals surface area (Å²) in [5, 5.41) is 0. The largest absolute Gasteiger partial charge is 0.466 e. The summed E-state index contributed by atoms with van der Waals surface area (Å²) < 4.78 is 21.9. The molecule has 0 amide bonds. The molecule has 1 atom stereocenters. The van der Waals surface area contributed by atoms with Crippen LogP contribution in [0.5, 0.6) is 0 Å². The number of hydrogen-bond donors (Lipinski definition) is 0. The Labute approximate surface area is 234 Å². The monoisotopic (exact) mass is 538 g/mol. The molecule has 214 valence electrons. The molecule has 0 radical (unpaired) electrons. The van der Waals surface area contributed by atoms with Crippen LogP contribution in [0.3, 0.4) is 0 Å². The van der Waals surface area contributed by atoms with E-state index in [-0.39, 0.29) is 24.0 Å². The molecule has 2 saturated carbocycles. The summed E-state index contributed by atoms with van der Waals surface area (Å²) in [5.74, 6) is 0.610. The summed E-state index contributed by atoms with van der Waals surface area (Å²) in [6, 6.07) is 20.4. The fourth-order valence-corrected chi connectivity index (χ4v) is 4.97. The van der Waals surface area contributed by atoms with Crippen LogP contribution < -0.4 is 0 Å². The topological polar surface area (TPSA) is 71.1 Å². The van der Waals surface area contributed by atoms with Crippen LogP contribution in [0.25, 0.3) is 0 Å². The summed E-state index contributed by atoms with van der Waals surface area (Å²) in [6.45, 7) is 11.8. The summed E-state index contributed by atoms with van der Waals surface area (Å²) >= 11 is 0. The van der Waals surface area contributed by atoms with E-state index >= 15 is 0 Å². The maximum absolute atomic E-state index is 11.9. The average molecular weight is 539 g/mol. The average Bonchev–Trinajstić information content (AvgIpc) is 2.88. The van der Waals surface area contributed by atoms with Crippen LogP contribution >= 0.6 is 0 Å². The lowest BCUT2D eigenvalue weighted by Crippen LogP contribution is -2.45. The van der Waals surface area contributed by atoms with Crippen molar-refractivity contribution in [2.45, 2.75) is 85.7 Å². The van der Waals surface area contributed by atoms with Gasteiger partial charge in [0, 0.05) is 0 Å². The first kappa shape index (κ1) is 30.8. The minimum atomic E-state index is -0.400. The Morgan fingerprint density at radius 1 is 0.769 bits per heavy atom. The Morgan fingerprint density at radius 3 is 1.69 bits per heavy atom. The molecular weight excluding hydrogens is 492 g/mol. The van der Waals surface area contributed by atoms with Gasteiger partial charge in [-0.05, 0) is 76.3 Å². The molecule has 0 saturated heterocycles. The molecular formula is C33H46O6. The number of carbonyl (C=O) groups excluding carboxylic acids is 2. The molecule has 0 heterocycles. The molecule has 2 aliphatic rings. The maximum atomic E-state index is 11.9. The minimum Gasteiger partial charge on any atom is -0.466 e. The predicted octanol–water partition coefficient (Wildman–Crippen LogP) is 6.75. The van der Waals surface area contributed by atoms with Crippen molar-refractivity contribution >= 4 is 11.9 Å². The molecule has 2 aliphatic carbocycles. The predicted molar refractivity (Wildman–Crippen MR) is 152 cm³/mol. The van der Waals surface area contributed by atoms with E-state index in [2.05, 4.69) is 24.3 Å². The lowest BCUT2D eigenvalue weighted by atomic mass is 9.66. The highest BCUT2D eigenvalue weighted by Crippen LogP contribution is 2.44. The molecule has 6 heteroatoms. The van der Waals surface area contributed by atoms with E-state index < -0.39 is 5.41 Å². The second-order valence-corrected chi connectivity index (χ2v) is 11.2. The molecule has 2 aromatic carbocycles. The van der Waals surface area contributed by atoms with Crippen molar-refractivity contribution in [1.82, 2.24) is 0 Å². The smallest absolute Gasteiger partial charge is 0.311 e. The fraction of sp³-hybridized carbons (Fsp3) is 0.576. The number of hydrogen-bond acceptors (Lipinski definition) is 6. The van der Waals surface area contributed by atoms with E-state index in [0.29, 0.717) is 44.4 Å². The third-order valence-corrected chi connectivity index (χ3v) is 8.07. The highest BCUT2D eigenvalue weighted by Gasteiger charge is 2.45. The summed E-state index contributed by atoms with van der Waals surface area (Å²) in [7, 11) is 0. The van der Waals surface area contributed by atoms with Gasteiger partial charge in [0.05, 0.1) is 50.0 Å². The molecule has 39 heavy (non-hydrogen) atoms. The zero-order valence-corrected chi connectivity index (χ0v) is 24.3. The van der Waals surface area contributed by atoms with Gasteiger partial charge in [0.2, 0.25) is 0 Å². The highest BCUT2D eigenvalue weighted by atomic mass is 16.5. The lowest BCUT2D eigenvalue weighted by molar-refractivity contribution is -0.164. The first-order chi connectivity index (χ1) is 18.7. The van der Waals surface area contributed by atoms with Crippen molar-refractivity contribution in [3.05, 3.63) is 71.8 Å². The van der Waals surface area contributed by atoms with Gasteiger partial charge in [0.25, 0.3) is 0 Å². The first-order valence-corrected chi connectivity index (χ1v) is 14.4. The van der Waals surface area contributed by atoms with Crippen molar-refractivity contribution in [1.29, 1.82) is 0 Å². The molecule has 2 aromatic rings. The number of benzene rings is 2. The molecule has 1 unspecified atom stereocenters. The van der Waals surface area contributed by atoms with Crippen LogP contribution in [0, 0.1) is 23.2 Å². The number of ether oxygens (including phenoxy) is 4. The first-order valence-electron chi connectivity index (χ1n) is 14.4. The van der Waals surface area contributed by atoms with Crippen molar-refractivity contribution in [2.24, 2.45) is 23.2 Å². The third-order valence-electron chi connectivity index (χ3n) is 8.07. The molecule has 6 nitrogen and oxygen atoms in total. The van der Waals surface area contributed by atoms with Crippen LogP contribution in [0.15, 0.2) is 60.7 Å². The van der Waals surface area contributed by atoms with Gasteiger partial charge in [0.1, 0.15) is 0 Å². The number of esters is 2. The van der Waals surface area contributed by atoms with E-state index in [1.165, 1.54) is 11.1 Å². The van der Waals surface area contributed by atoms with E-state index in [4.69, 9.17) is 18.9 Å². The zero-order valence-electron chi connectivity index (χ0n) is 24.3. The molecule has 4 rings (SSSR count). The van der Waals surface area contributed by atoms with Gasteiger partial charge in [-0.25, -0.2) is 0 Å². The Hall–Kier alpha value is -2.70.